The molecule has 0 aromatic heterocycles. The molecule has 0 heteroatoms. The molecule has 0 saturated carbocycles. The summed E-state index contributed by atoms with van der Waals surface area (Å²) in [4.78, 5) is 0. The molecule has 0 spiro atoms. The van der Waals surface area contributed by atoms with Gasteiger partial charge in [0.2, 0.25) is 0 Å². The normalized spacial score (nSPS) is 9.25. The van der Waals surface area contributed by atoms with Crippen LogP contribution in [0.2, 0.25) is 0 Å². The summed E-state index contributed by atoms with van der Waals surface area (Å²) in [5.41, 5.74) is 4.10. The van der Waals surface area contributed by atoms with Crippen molar-refractivity contribution in [3.05, 3.63) is 36.0 Å². The van der Waals surface area contributed by atoms with Crippen LogP contribution in [0.1, 0.15) is 40.0 Å². The van der Waals surface area contributed by atoms with Crippen LogP contribution >= 0.6 is 0 Å². The minimum atomic E-state index is 1.08. The monoisotopic (exact) mass is 164 g/mol. The first-order valence-corrected chi connectivity index (χ1v) is 4.51. The van der Waals surface area contributed by atoms with Gasteiger partial charge in [-0.2, -0.15) is 0 Å². The predicted molar refractivity (Wildman–Crippen MR) is 57.2 cm³/mol. The summed E-state index contributed by atoms with van der Waals surface area (Å²) in [5.74, 6) is 0. The number of hydrogen-bond acceptors (Lipinski definition) is 0. The van der Waals surface area contributed by atoms with Crippen molar-refractivity contribution in [1.29, 1.82) is 0 Å². The van der Waals surface area contributed by atoms with Crippen molar-refractivity contribution >= 4 is 0 Å². The molecular weight excluding hydrogens is 144 g/mol. The van der Waals surface area contributed by atoms with Crippen molar-refractivity contribution < 1.29 is 0 Å². The van der Waals surface area contributed by atoms with Crippen LogP contribution in [0.3, 0.4) is 0 Å². The van der Waals surface area contributed by atoms with E-state index in [9.17, 15) is 0 Å². The fourth-order valence-corrected chi connectivity index (χ4v) is 0.933. The lowest BCUT2D eigenvalue weighted by Gasteiger charge is -2.03. The van der Waals surface area contributed by atoms with Gasteiger partial charge in [0.15, 0.2) is 0 Å². The first-order chi connectivity index (χ1) is 5.57. The average molecular weight is 164 g/mol. The first-order valence-electron chi connectivity index (χ1n) is 4.51. The van der Waals surface area contributed by atoms with Gasteiger partial charge >= 0.3 is 0 Å². The quantitative estimate of drug-likeness (QED) is 0.421. The molecule has 0 fully saturated rings. The van der Waals surface area contributed by atoms with Crippen molar-refractivity contribution in [2.45, 2.75) is 40.0 Å². The Bertz CT molecular complexity index is 190. The summed E-state index contributed by atoms with van der Waals surface area (Å²) in [7, 11) is 0. The number of rotatable bonds is 5. The van der Waals surface area contributed by atoms with Gasteiger partial charge in [-0.15, -0.1) is 0 Å². The summed E-state index contributed by atoms with van der Waals surface area (Å²) >= 11 is 0. The topological polar surface area (TPSA) is 0 Å². The lowest BCUT2D eigenvalue weighted by atomic mass is 10.0. The van der Waals surface area contributed by atoms with E-state index in [4.69, 9.17) is 0 Å². The van der Waals surface area contributed by atoms with Gasteiger partial charge in [0.05, 0.1) is 0 Å². The Morgan fingerprint density at radius 1 is 1.17 bits per heavy atom. The highest BCUT2D eigenvalue weighted by Crippen LogP contribution is 2.13. The molecule has 0 N–H and O–H groups in total. The Morgan fingerprint density at radius 2 is 1.75 bits per heavy atom. The SMILES string of the molecule is C=CC(=C)CCCC(C)=C(C)C. The summed E-state index contributed by atoms with van der Waals surface area (Å²) in [5, 5.41) is 0. The molecular formula is C12H20. The maximum atomic E-state index is 3.88. The van der Waals surface area contributed by atoms with E-state index in [1.54, 1.807) is 0 Å². The molecule has 0 aromatic rings. The van der Waals surface area contributed by atoms with E-state index >= 15 is 0 Å². The van der Waals surface area contributed by atoms with Crippen molar-refractivity contribution in [2.75, 3.05) is 0 Å². The van der Waals surface area contributed by atoms with Gasteiger partial charge < -0.3 is 0 Å². The molecule has 0 radical (unpaired) electrons. The minimum Gasteiger partial charge on any atom is -0.0988 e. The van der Waals surface area contributed by atoms with Crippen molar-refractivity contribution in [1.82, 2.24) is 0 Å². The molecule has 0 aliphatic carbocycles. The second kappa shape index (κ2) is 5.82. The molecule has 0 amide bonds. The summed E-state index contributed by atoms with van der Waals surface area (Å²) in [6.07, 6.45) is 5.31. The maximum Gasteiger partial charge on any atom is -0.0282 e. The molecule has 0 rings (SSSR count). The summed E-state index contributed by atoms with van der Waals surface area (Å²) in [6.45, 7) is 14.1. The van der Waals surface area contributed by atoms with Crippen LogP contribution in [0, 0.1) is 0 Å². The third-order valence-corrected chi connectivity index (χ3v) is 2.19. The Labute approximate surface area is 76.7 Å². The molecule has 0 nitrogen and oxygen atoms in total. The molecule has 0 bridgehead atoms. The van der Waals surface area contributed by atoms with Crippen molar-refractivity contribution in [3.63, 3.8) is 0 Å². The van der Waals surface area contributed by atoms with Crippen LogP contribution in [0.4, 0.5) is 0 Å². The summed E-state index contributed by atoms with van der Waals surface area (Å²) < 4.78 is 0. The maximum absolute atomic E-state index is 3.88. The van der Waals surface area contributed by atoms with Crippen molar-refractivity contribution in [3.8, 4) is 0 Å². The molecule has 0 aromatic carbocycles. The smallest absolute Gasteiger partial charge is 0.0282 e. The van der Waals surface area contributed by atoms with E-state index in [0.29, 0.717) is 0 Å². The zero-order valence-electron chi connectivity index (χ0n) is 8.61. The van der Waals surface area contributed by atoms with Gasteiger partial charge in [-0.3, -0.25) is 0 Å². The van der Waals surface area contributed by atoms with Crippen molar-refractivity contribution in [2.24, 2.45) is 0 Å². The van der Waals surface area contributed by atoms with Gasteiger partial charge in [0, 0.05) is 0 Å². The Kier molecular flexibility index (Phi) is 5.44. The molecule has 0 saturated heterocycles. The fraction of sp³-hybridized carbons (Fsp3) is 0.500. The second-order valence-electron chi connectivity index (χ2n) is 3.50. The van der Waals surface area contributed by atoms with E-state index in [1.807, 2.05) is 6.08 Å². The molecule has 12 heavy (non-hydrogen) atoms. The minimum absolute atomic E-state index is 1.08. The molecule has 0 heterocycles. The fourth-order valence-electron chi connectivity index (χ4n) is 0.933. The molecule has 68 valence electrons. The van der Waals surface area contributed by atoms with Gasteiger partial charge in [-0.05, 0) is 40.0 Å². The van der Waals surface area contributed by atoms with Gasteiger partial charge in [-0.1, -0.05) is 36.0 Å². The lowest BCUT2D eigenvalue weighted by Crippen LogP contribution is -1.83. The standard InChI is InChI=1S/C12H20/c1-6-11(4)8-7-9-12(5)10(2)3/h6H,1,4,7-9H2,2-3,5H3. The number of hydrogen-bond donors (Lipinski definition) is 0. The Balaban J connectivity index is 3.64. The zero-order chi connectivity index (χ0) is 9.56. The largest absolute Gasteiger partial charge is 0.0988 e. The highest BCUT2D eigenvalue weighted by molar-refractivity contribution is 5.12. The van der Waals surface area contributed by atoms with Gasteiger partial charge in [-0.25, -0.2) is 0 Å². The van der Waals surface area contributed by atoms with E-state index in [1.165, 1.54) is 24.0 Å². The second-order valence-corrected chi connectivity index (χ2v) is 3.50. The zero-order valence-corrected chi connectivity index (χ0v) is 8.61. The molecule has 0 unspecified atom stereocenters. The third-order valence-electron chi connectivity index (χ3n) is 2.19. The average Bonchev–Trinajstić information content (AvgIpc) is 2.03. The van der Waals surface area contributed by atoms with Crippen LogP contribution < -0.4 is 0 Å². The van der Waals surface area contributed by atoms with Gasteiger partial charge in [0.1, 0.15) is 0 Å². The van der Waals surface area contributed by atoms with Crippen LogP contribution in [0.5, 0.6) is 0 Å². The van der Waals surface area contributed by atoms with Crippen LogP contribution in [0.25, 0.3) is 0 Å². The Morgan fingerprint density at radius 3 is 2.17 bits per heavy atom. The molecule has 0 aliphatic heterocycles. The van der Waals surface area contributed by atoms with Crippen LogP contribution in [-0.2, 0) is 0 Å². The lowest BCUT2D eigenvalue weighted by molar-refractivity contribution is 0.808. The highest BCUT2D eigenvalue weighted by atomic mass is 14.0. The third kappa shape index (κ3) is 4.95. The van der Waals surface area contributed by atoms with Crippen LogP contribution in [-0.4, -0.2) is 0 Å². The number of allylic oxidation sites excluding steroid dienone is 4. The van der Waals surface area contributed by atoms with Crippen LogP contribution in [0.15, 0.2) is 36.0 Å². The molecule has 0 atom stereocenters. The van der Waals surface area contributed by atoms with E-state index in [0.717, 1.165) is 12.0 Å². The van der Waals surface area contributed by atoms with E-state index < -0.39 is 0 Å². The van der Waals surface area contributed by atoms with E-state index in [-0.39, 0.29) is 0 Å². The Hall–Kier alpha value is -0.780. The highest BCUT2D eigenvalue weighted by Gasteiger charge is 1.93. The predicted octanol–water partition coefficient (Wildman–Crippen LogP) is 4.26. The molecule has 0 aliphatic rings. The first kappa shape index (κ1) is 11.2. The van der Waals surface area contributed by atoms with E-state index in [2.05, 4.69) is 33.9 Å². The van der Waals surface area contributed by atoms with Gasteiger partial charge in [0.25, 0.3) is 0 Å². The summed E-state index contributed by atoms with van der Waals surface area (Å²) in [6, 6.07) is 0.